The number of nitrogens with zero attached hydrogens (tertiary/aromatic N) is 5. The number of hydrazine groups is 1. The minimum Gasteiger partial charge on any atom is -0.375 e. The third-order valence-corrected chi connectivity index (χ3v) is 9.72. The van der Waals surface area contributed by atoms with Crippen LogP contribution < -0.4 is 11.1 Å². The molecule has 3 N–H and O–H groups in total. The van der Waals surface area contributed by atoms with Crippen molar-refractivity contribution in [3.8, 4) is 0 Å². The van der Waals surface area contributed by atoms with Crippen molar-refractivity contribution in [2.24, 2.45) is 5.92 Å². The zero-order valence-corrected chi connectivity index (χ0v) is 26.4. The first-order chi connectivity index (χ1) is 21.2. The number of nitrogens with two attached hydrogens (primary N) is 1. The van der Waals surface area contributed by atoms with Crippen molar-refractivity contribution in [1.29, 1.82) is 0 Å². The van der Waals surface area contributed by atoms with Crippen molar-refractivity contribution in [1.82, 2.24) is 30.1 Å². The average molecular weight is 634 g/mol. The number of piperazine rings is 1. The Hall–Kier alpha value is -3.93. The van der Waals surface area contributed by atoms with E-state index in [1.165, 1.54) is 11.3 Å². The highest BCUT2D eigenvalue weighted by Gasteiger charge is 2.53. The van der Waals surface area contributed by atoms with Gasteiger partial charge in [-0.1, -0.05) is 78.4 Å². The molecule has 0 radical (unpaired) electrons. The Labute approximate surface area is 265 Å². The lowest BCUT2D eigenvalue weighted by Gasteiger charge is -2.48. The van der Waals surface area contributed by atoms with Crippen LogP contribution in [0.2, 0.25) is 5.02 Å². The van der Waals surface area contributed by atoms with Crippen LogP contribution in [-0.2, 0) is 22.7 Å². The molecule has 2 unspecified atom stereocenters. The second-order valence-corrected chi connectivity index (χ2v) is 12.9. The topological polar surface area (TPSA) is 115 Å². The summed E-state index contributed by atoms with van der Waals surface area (Å²) < 4.78 is 0.960. The summed E-state index contributed by atoms with van der Waals surface area (Å²) in [4.78, 5) is 49.7. The van der Waals surface area contributed by atoms with Crippen molar-refractivity contribution >= 4 is 56.1 Å². The number of hydrogen-bond donors (Lipinski definition) is 2. The van der Waals surface area contributed by atoms with Crippen molar-refractivity contribution < 1.29 is 14.4 Å². The summed E-state index contributed by atoms with van der Waals surface area (Å²) in [5.74, 6) is -0.437. The molecule has 0 spiro atoms. The lowest BCUT2D eigenvalue weighted by molar-refractivity contribution is -0.160. The van der Waals surface area contributed by atoms with Crippen LogP contribution in [0.5, 0.6) is 0 Å². The molecule has 2 aliphatic heterocycles. The molecule has 12 heteroatoms. The van der Waals surface area contributed by atoms with E-state index in [4.69, 9.17) is 17.3 Å². The van der Waals surface area contributed by atoms with Gasteiger partial charge >= 0.3 is 6.03 Å². The zero-order chi connectivity index (χ0) is 31.0. The number of halogens is 1. The van der Waals surface area contributed by atoms with E-state index >= 15 is 0 Å². The van der Waals surface area contributed by atoms with Crippen molar-refractivity contribution in [3.05, 3.63) is 82.4 Å². The predicted octanol–water partition coefficient (Wildman–Crippen LogP) is 4.69. The number of amides is 4. The summed E-state index contributed by atoms with van der Waals surface area (Å²) in [6, 6.07) is 10.6. The van der Waals surface area contributed by atoms with Gasteiger partial charge in [0, 0.05) is 30.6 Å². The molecule has 10 nitrogen and oxygen atoms in total. The van der Waals surface area contributed by atoms with Crippen LogP contribution in [0.4, 0.5) is 9.93 Å². The normalized spacial score (nSPS) is 21.8. The Kier molecular flexibility index (Phi) is 8.61. The van der Waals surface area contributed by atoms with E-state index in [2.05, 4.69) is 10.3 Å². The van der Waals surface area contributed by atoms with Crippen LogP contribution in [0, 0.1) is 12.8 Å². The number of para-hydroxylation sites is 1. The number of urea groups is 1. The summed E-state index contributed by atoms with van der Waals surface area (Å²) in [6.45, 7) is 5.26. The molecule has 230 valence electrons. The number of nitrogens with one attached hydrogen (secondary N) is 1. The first kappa shape index (κ1) is 30.1. The van der Waals surface area contributed by atoms with E-state index in [1.807, 2.05) is 84.5 Å². The van der Waals surface area contributed by atoms with E-state index < -0.39 is 12.2 Å². The fraction of sp³-hybridized carbons (Fsp3) is 0.375. The molecule has 2 fully saturated rings. The number of nitrogen functional groups attached to an aromatic ring is 1. The number of carbonyl (C=O) groups is 3. The standard InChI is InChI=1S/C32H36ClN7O3S/c1-3-14-38(32(43)35-16-21-12-13-24(33)20(2)15-21)39-19-27(41)40-26(39)18-37(30(42)29(40)22-8-5-4-6-9-22)17-23-10-7-11-25-28(23)36-31(34)44-25/h4-8,10-13,15,22,26,29H,3,9,14,16-19H2,1-2H3,(H2,34,36)(H,35,43)/t22?,26?,29-/m0/s1. The fourth-order valence-electron chi connectivity index (χ4n) is 6.36. The molecule has 0 saturated carbocycles. The minimum atomic E-state index is -0.685. The molecule has 2 aromatic carbocycles. The van der Waals surface area contributed by atoms with Gasteiger partial charge in [-0.3, -0.25) is 14.6 Å². The summed E-state index contributed by atoms with van der Waals surface area (Å²) in [6.07, 6.45) is 8.76. The number of thiazole rings is 1. The van der Waals surface area contributed by atoms with E-state index in [9.17, 15) is 14.4 Å². The molecule has 2 saturated heterocycles. The molecule has 3 aliphatic rings. The van der Waals surface area contributed by atoms with Gasteiger partial charge in [0.1, 0.15) is 12.2 Å². The third-order valence-electron chi connectivity index (χ3n) is 8.44. The number of fused-ring (bicyclic) bond motifs is 2. The number of hydrogen-bond acceptors (Lipinski definition) is 7. The molecule has 3 heterocycles. The largest absolute Gasteiger partial charge is 0.375 e. The van der Waals surface area contributed by atoms with E-state index in [1.54, 1.807) is 9.91 Å². The number of aromatic nitrogens is 1. The van der Waals surface area contributed by atoms with Gasteiger partial charge in [-0.2, -0.15) is 5.01 Å². The zero-order valence-electron chi connectivity index (χ0n) is 24.8. The van der Waals surface area contributed by atoms with Gasteiger partial charge in [0.05, 0.1) is 23.3 Å². The number of carbonyl (C=O) groups excluding carboxylic acids is 3. The molecule has 3 aromatic rings. The fourth-order valence-corrected chi connectivity index (χ4v) is 7.26. The maximum absolute atomic E-state index is 14.2. The first-order valence-corrected chi connectivity index (χ1v) is 16.1. The maximum Gasteiger partial charge on any atom is 0.332 e. The predicted molar refractivity (Wildman–Crippen MR) is 172 cm³/mol. The molecule has 0 bridgehead atoms. The quantitative estimate of drug-likeness (QED) is 0.372. The summed E-state index contributed by atoms with van der Waals surface area (Å²) >= 11 is 7.60. The molecule has 44 heavy (non-hydrogen) atoms. The van der Waals surface area contributed by atoms with Gasteiger partial charge in [-0.05, 0) is 48.6 Å². The molecule has 1 aromatic heterocycles. The van der Waals surface area contributed by atoms with Gasteiger partial charge in [0.15, 0.2) is 5.13 Å². The van der Waals surface area contributed by atoms with Gasteiger partial charge in [-0.25, -0.2) is 9.78 Å². The molecule has 6 rings (SSSR count). The summed E-state index contributed by atoms with van der Waals surface area (Å²) in [5, 5.41) is 7.65. The molecule has 4 amide bonds. The Morgan fingerprint density at radius 3 is 2.82 bits per heavy atom. The minimum absolute atomic E-state index is 0.0141. The van der Waals surface area contributed by atoms with E-state index in [0.29, 0.717) is 42.6 Å². The second-order valence-electron chi connectivity index (χ2n) is 11.4. The lowest BCUT2D eigenvalue weighted by atomic mass is 9.88. The van der Waals surface area contributed by atoms with Crippen molar-refractivity contribution in [3.63, 3.8) is 0 Å². The van der Waals surface area contributed by atoms with E-state index in [-0.39, 0.29) is 36.9 Å². The van der Waals surface area contributed by atoms with Crippen LogP contribution in [-0.4, -0.2) is 74.5 Å². The van der Waals surface area contributed by atoms with Crippen LogP contribution in [0.1, 0.15) is 36.5 Å². The molecular formula is C32H36ClN7O3S. The van der Waals surface area contributed by atoms with Crippen molar-refractivity contribution in [2.45, 2.75) is 52.0 Å². The summed E-state index contributed by atoms with van der Waals surface area (Å²) in [5.41, 5.74) is 9.57. The number of aryl methyl sites for hydroxylation is 1. The van der Waals surface area contributed by atoms with Crippen LogP contribution in [0.3, 0.4) is 0 Å². The lowest BCUT2D eigenvalue weighted by Crippen LogP contribution is -2.67. The Balaban J connectivity index is 1.30. The third kappa shape index (κ3) is 5.79. The van der Waals surface area contributed by atoms with Gasteiger partial charge < -0.3 is 20.9 Å². The molecule has 3 atom stereocenters. The second kappa shape index (κ2) is 12.6. The number of allylic oxidation sites excluding steroid dienone is 3. The van der Waals surface area contributed by atoms with Crippen molar-refractivity contribution in [2.75, 3.05) is 25.4 Å². The summed E-state index contributed by atoms with van der Waals surface area (Å²) in [7, 11) is 0. The maximum atomic E-state index is 14.2. The molecular weight excluding hydrogens is 598 g/mol. The highest BCUT2D eigenvalue weighted by atomic mass is 35.5. The first-order valence-electron chi connectivity index (χ1n) is 14.9. The Morgan fingerprint density at radius 1 is 1.23 bits per heavy atom. The Morgan fingerprint density at radius 2 is 2.07 bits per heavy atom. The average Bonchev–Trinajstić information content (AvgIpc) is 3.56. The number of benzene rings is 2. The Bertz CT molecular complexity index is 1660. The van der Waals surface area contributed by atoms with Gasteiger partial charge in [0.25, 0.3) is 0 Å². The van der Waals surface area contributed by atoms with Crippen LogP contribution in [0.25, 0.3) is 10.2 Å². The monoisotopic (exact) mass is 633 g/mol. The van der Waals surface area contributed by atoms with Gasteiger partial charge in [0.2, 0.25) is 11.8 Å². The van der Waals surface area contributed by atoms with E-state index in [0.717, 1.165) is 26.9 Å². The highest BCUT2D eigenvalue weighted by Crippen LogP contribution is 2.35. The SMILES string of the molecule is CCCN(C(=O)NCc1ccc(Cl)c(C)c1)N1CC(=O)N2C1CN(Cc1cccc3sc(N)nc13)C(=O)[C@@H]2C1C=CC=CC1. The highest BCUT2D eigenvalue weighted by molar-refractivity contribution is 7.22. The molecule has 1 aliphatic carbocycles. The van der Waals surface area contributed by atoms with Crippen LogP contribution in [0.15, 0.2) is 60.7 Å². The smallest absolute Gasteiger partial charge is 0.332 e. The number of rotatable bonds is 8. The van der Waals surface area contributed by atoms with Crippen LogP contribution >= 0.6 is 22.9 Å². The van der Waals surface area contributed by atoms with Gasteiger partial charge in [-0.15, -0.1) is 0 Å². The number of anilines is 1.